The first-order chi connectivity index (χ1) is 17.2. The fraction of sp³-hybridized carbons (Fsp3) is 0.346. The topological polar surface area (TPSA) is 119 Å². The number of rotatable bonds is 13. The van der Waals surface area contributed by atoms with Crippen LogP contribution in [0.4, 0.5) is 14.6 Å². The monoisotopic (exact) mass is 500 g/mol. The first-order valence-corrected chi connectivity index (χ1v) is 11.7. The Balaban J connectivity index is 1.56. The number of nitrogen functional groups attached to an aromatic ring is 1. The first kappa shape index (κ1) is 26.8. The number of ketones is 1. The lowest BCUT2D eigenvalue weighted by Crippen LogP contribution is -2.38. The number of hydrogen-bond donors (Lipinski definition) is 3. The molecular formula is C26H30F2N4O4. The van der Waals surface area contributed by atoms with E-state index in [2.05, 4.69) is 10.4 Å². The van der Waals surface area contributed by atoms with Crippen LogP contribution in [-0.2, 0) is 4.79 Å². The van der Waals surface area contributed by atoms with Crippen LogP contribution in [0, 0.1) is 17.6 Å². The molecule has 0 bridgehead atoms. The Morgan fingerprint density at radius 3 is 2.64 bits per heavy atom. The number of carbonyl (C=O) groups excluding carboxylic acids is 1. The number of carbonyl (C=O) groups is 2. The molecule has 0 aliphatic carbocycles. The van der Waals surface area contributed by atoms with E-state index >= 15 is 0 Å². The second-order valence-electron chi connectivity index (χ2n) is 8.84. The van der Waals surface area contributed by atoms with Gasteiger partial charge in [-0.3, -0.25) is 9.59 Å². The second-order valence-corrected chi connectivity index (χ2v) is 8.84. The highest BCUT2D eigenvalue weighted by molar-refractivity contribution is 6.11. The van der Waals surface area contributed by atoms with E-state index in [9.17, 15) is 23.5 Å². The summed E-state index contributed by atoms with van der Waals surface area (Å²) in [7, 11) is 0. The zero-order chi connectivity index (χ0) is 26.2. The van der Waals surface area contributed by atoms with Gasteiger partial charge in [0.15, 0.2) is 11.6 Å². The van der Waals surface area contributed by atoms with Gasteiger partial charge in [-0.15, -0.1) is 0 Å². The third-order valence-electron chi connectivity index (χ3n) is 5.52. The number of unbranched alkanes of at least 4 members (excludes halogenated alkanes) is 1. The van der Waals surface area contributed by atoms with E-state index in [1.165, 1.54) is 12.3 Å². The second kappa shape index (κ2) is 12.3. The molecule has 1 atom stereocenters. The van der Waals surface area contributed by atoms with Crippen LogP contribution < -0.4 is 15.8 Å². The summed E-state index contributed by atoms with van der Waals surface area (Å²) in [4.78, 5) is 24.3. The zero-order valence-corrected chi connectivity index (χ0v) is 20.2. The number of halogens is 2. The number of benzene rings is 2. The van der Waals surface area contributed by atoms with Crippen LogP contribution in [0.2, 0.25) is 0 Å². The van der Waals surface area contributed by atoms with Gasteiger partial charge in [0.1, 0.15) is 29.1 Å². The Morgan fingerprint density at radius 2 is 1.94 bits per heavy atom. The number of carboxylic acids is 1. The van der Waals surface area contributed by atoms with Gasteiger partial charge in [-0.1, -0.05) is 26.0 Å². The molecule has 4 N–H and O–H groups in total. The summed E-state index contributed by atoms with van der Waals surface area (Å²) in [6.07, 6.45) is 3.23. The summed E-state index contributed by atoms with van der Waals surface area (Å²) in [5, 5.41) is 16.3. The molecule has 3 aromatic rings. The molecule has 0 aliphatic heterocycles. The molecule has 8 nitrogen and oxygen atoms in total. The summed E-state index contributed by atoms with van der Waals surface area (Å²) in [6, 6.07) is 9.00. The summed E-state index contributed by atoms with van der Waals surface area (Å²) < 4.78 is 34.1. The molecule has 1 aromatic heterocycles. The fourth-order valence-electron chi connectivity index (χ4n) is 3.70. The van der Waals surface area contributed by atoms with Crippen molar-refractivity contribution in [3.8, 4) is 11.4 Å². The first-order valence-electron chi connectivity index (χ1n) is 11.7. The van der Waals surface area contributed by atoms with Crippen molar-refractivity contribution in [1.82, 2.24) is 15.1 Å². The van der Waals surface area contributed by atoms with Crippen LogP contribution >= 0.6 is 0 Å². The van der Waals surface area contributed by atoms with Gasteiger partial charge >= 0.3 is 5.97 Å². The van der Waals surface area contributed by atoms with Crippen molar-refractivity contribution in [3.63, 3.8) is 0 Å². The lowest BCUT2D eigenvalue weighted by molar-refractivity contribution is -0.139. The molecular weight excluding hydrogens is 470 g/mol. The Morgan fingerprint density at radius 1 is 1.17 bits per heavy atom. The molecule has 0 saturated carbocycles. The Bertz CT molecular complexity index is 1210. The number of ether oxygens (including phenoxy) is 1. The number of aromatic nitrogens is 2. The molecule has 36 heavy (non-hydrogen) atoms. The van der Waals surface area contributed by atoms with E-state index in [1.54, 1.807) is 24.3 Å². The molecule has 0 saturated heterocycles. The number of anilines is 1. The minimum atomic E-state index is -0.854. The van der Waals surface area contributed by atoms with Crippen molar-refractivity contribution in [2.45, 2.75) is 39.2 Å². The van der Waals surface area contributed by atoms with Crippen LogP contribution in [0.15, 0.2) is 48.7 Å². The number of aliphatic carboxylic acids is 1. The van der Waals surface area contributed by atoms with Crippen molar-refractivity contribution in [2.75, 3.05) is 18.9 Å². The molecule has 0 radical (unpaired) electrons. The third kappa shape index (κ3) is 6.88. The molecule has 0 fully saturated rings. The molecule has 0 unspecified atom stereocenters. The number of nitrogens with two attached hydrogens (primary N) is 1. The highest BCUT2D eigenvalue weighted by Gasteiger charge is 2.20. The predicted molar refractivity (Wildman–Crippen MR) is 131 cm³/mol. The maximum Gasteiger partial charge on any atom is 0.320 e. The van der Waals surface area contributed by atoms with Gasteiger partial charge in [0, 0.05) is 11.6 Å². The highest BCUT2D eigenvalue weighted by atomic mass is 19.1. The highest BCUT2D eigenvalue weighted by Crippen LogP contribution is 2.24. The fourth-order valence-corrected chi connectivity index (χ4v) is 3.70. The van der Waals surface area contributed by atoms with Crippen LogP contribution in [0.25, 0.3) is 5.69 Å². The molecule has 1 heterocycles. The van der Waals surface area contributed by atoms with E-state index in [-0.39, 0.29) is 23.0 Å². The van der Waals surface area contributed by atoms with Crippen LogP contribution in [-0.4, -0.2) is 45.8 Å². The van der Waals surface area contributed by atoms with Crippen LogP contribution in [0.3, 0.4) is 0 Å². The number of nitrogens with one attached hydrogen (secondary N) is 1. The Hall–Kier alpha value is -3.79. The summed E-state index contributed by atoms with van der Waals surface area (Å²) in [5.74, 6) is -2.15. The maximum atomic E-state index is 14.1. The molecule has 2 aromatic carbocycles. The van der Waals surface area contributed by atoms with Gasteiger partial charge in [0.2, 0.25) is 0 Å². The summed E-state index contributed by atoms with van der Waals surface area (Å²) in [5.41, 5.74) is 6.38. The van der Waals surface area contributed by atoms with E-state index < -0.39 is 29.4 Å². The van der Waals surface area contributed by atoms with E-state index in [4.69, 9.17) is 10.5 Å². The summed E-state index contributed by atoms with van der Waals surface area (Å²) in [6.45, 7) is 4.92. The lowest BCUT2D eigenvalue weighted by atomic mass is 10.0. The van der Waals surface area contributed by atoms with Gasteiger partial charge in [-0.05, 0) is 56.0 Å². The quantitative estimate of drug-likeness (QED) is 0.238. The summed E-state index contributed by atoms with van der Waals surface area (Å²) >= 11 is 0. The lowest BCUT2D eigenvalue weighted by Gasteiger charge is -2.16. The molecule has 192 valence electrons. The molecule has 0 aliphatic rings. The normalized spacial score (nSPS) is 12.0. The van der Waals surface area contributed by atoms with E-state index in [1.807, 2.05) is 13.8 Å². The third-order valence-corrected chi connectivity index (χ3v) is 5.52. The SMILES string of the molecule is CC(C)C[C@H](NCCCCOc1cccc(C(=O)c2cnn(-c3ccc(F)cc3F)c2N)c1)C(=O)O. The minimum Gasteiger partial charge on any atom is -0.494 e. The van der Waals surface area contributed by atoms with E-state index in [0.717, 1.165) is 17.2 Å². The average Bonchev–Trinajstić information content (AvgIpc) is 3.20. The largest absolute Gasteiger partial charge is 0.494 e. The van der Waals surface area contributed by atoms with Gasteiger partial charge in [-0.2, -0.15) is 5.10 Å². The molecule has 0 spiro atoms. The van der Waals surface area contributed by atoms with Crippen LogP contribution in [0.1, 0.15) is 49.0 Å². The van der Waals surface area contributed by atoms with Crippen molar-refractivity contribution in [2.24, 2.45) is 5.92 Å². The number of hydrogen-bond acceptors (Lipinski definition) is 6. The molecule has 3 rings (SSSR count). The van der Waals surface area contributed by atoms with Crippen molar-refractivity contribution in [3.05, 3.63) is 71.4 Å². The Labute approximate surface area is 208 Å². The maximum absolute atomic E-state index is 14.1. The van der Waals surface area contributed by atoms with Crippen molar-refractivity contribution >= 4 is 17.6 Å². The van der Waals surface area contributed by atoms with Gasteiger partial charge in [0.25, 0.3) is 0 Å². The van der Waals surface area contributed by atoms with E-state index in [0.29, 0.717) is 43.4 Å². The number of carboxylic acid groups (broad SMARTS) is 1. The molecule has 10 heteroatoms. The number of nitrogens with zero attached hydrogens (tertiary/aromatic N) is 2. The average molecular weight is 501 g/mol. The standard InChI is InChI=1S/C26H30F2N4O4/c1-16(2)12-22(26(34)35)30-10-3-4-11-36-19-7-5-6-17(13-19)24(33)20-15-31-32(25(20)29)23-9-8-18(27)14-21(23)28/h5-9,13-16,22,30H,3-4,10-12,29H2,1-2H3,(H,34,35)/t22-/m0/s1. The van der Waals surface area contributed by atoms with Crippen molar-refractivity contribution < 1.29 is 28.2 Å². The smallest absolute Gasteiger partial charge is 0.320 e. The van der Waals surface area contributed by atoms with Crippen LogP contribution in [0.5, 0.6) is 5.75 Å². The molecule has 0 amide bonds. The Kier molecular flexibility index (Phi) is 9.13. The van der Waals surface area contributed by atoms with Gasteiger partial charge < -0.3 is 20.9 Å². The van der Waals surface area contributed by atoms with Gasteiger partial charge in [0.05, 0.1) is 18.4 Å². The zero-order valence-electron chi connectivity index (χ0n) is 20.2. The predicted octanol–water partition coefficient (Wildman–Crippen LogP) is 4.21. The van der Waals surface area contributed by atoms with Crippen molar-refractivity contribution in [1.29, 1.82) is 0 Å². The van der Waals surface area contributed by atoms with Gasteiger partial charge in [-0.25, -0.2) is 13.5 Å². The minimum absolute atomic E-state index is 0.0681.